The molecule has 0 spiro atoms. The summed E-state index contributed by atoms with van der Waals surface area (Å²) in [5, 5.41) is 5.77. The fraction of sp³-hybridized carbons (Fsp3) is 0.857. The normalized spacial score (nSPS) is 34.5. The predicted octanol–water partition coefficient (Wildman–Crippen LogP) is 0.424. The standard InChI is InChI=1S/C14H23N3O2.ClH/c15-12-10-4-3-9(7-10)11(12)14(19)17-6-5-16-13(18)8-1-2-8;/h8-12H,1-7,15H2,(H,16,18)(H,17,19);1H. The van der Waals surface area contributed by atoms with E-state index in [-0.39, 0.29) is 42.1 Å². The molecule has 3 fully saturated rings. The molecule has 4 N–H and O–H groups in total. The summed E-state index contributed by atoms with van der Waals surface area (Å²) >= 11 is 0. The molecule has 0 radical (unpaired) electrons. The molecular weight excluding hydrogens is 278 g/mol. The highest BCUT2D eigenvalue weighted by Crippen LogP contribution is 2.47. The van der Waals surface area contributed by atoms with Gasteiger partial charge < -0.3 is 16.4 Å². The second kappa shape index (κ2) is 6.31. The van der Waals surface area contributed by atoms with Gasteiger partial charge in [0, 0.05) is 25.0 Å². The van der Waals surface area contributed by atoms with Crippen LogP contribution in [0.15, 0.2) is 0 Å². The summed E-state index contributed by atoms with van der Waals surface area (Å²) in [6, 6.07) is 0.0415. The Kier molecular flexibility index (Phi) is 4.91. The maximum Gasteiger partial charge on any atom is 0.225 e. The first-order valence-corrected chi connectivity index (χ1v) is 7.48. The SMILES string of the molecule is Cl.NC1C2CCC(C2)C1C(=O)NCCNC(=O)C1CC1. The van der Waals surface area contributed by atoms with Gasteiger partial charge in [0.25, 0.3) is 0 Å². The molecule has 0 saturated heterocycles. The quantitative estimate of drug-likeness (QED) is 0.644. The van der Waals surface area contributed by atoms with Gasteiger partial charge in [-0.3, -0.25) is 9.59 Å². The Balaban J connectivity index is 0.00000147. The molecule has 0 aromatic rings. The van der Waals surface area contributed by atoms with E-state index in [2.05, 4.69) is 10.6 Å². The Morgan fingerprint density at radius 1 is 0.950 bits per heavy atom. The summed E-state index contributed by atoms with van der Waals surface area (Å²) in [5.41, 5.74) is 6.13. The number of fused-ring (bicyclic) bond motifs is 2. The molecule has 3 aliphatic rings. The van der Waals surface area contributed by atoms with Crippen molar-refractivity contribution in [2.45, 2.75) is 38.1 Å². The lowest BCUT2D eigenvalue weighted by Gasteiger charge is -2.27. The zero-order valence-corrected chi connectivity index (χ0v) is 12.5. The number of amides is 2. The highest BCUT2D eigenvalue weighted by atomic mass is 35.5. The molecular formula is C14H24ClN3O2. The van der Waals surface area contributed by atoms with Crippen LogP contribution in [0.3, 0.4) is 0 Å². The average molecular weight is 302 g/mol. The van der Waals surface area contributed by atoms with E-state index in [4.69, 9.17) is 5.73 Å². The lowest BCUT2D eigenvalue weighted by molar-refractivity contribution is -0.127. The van der Waals surface area contributed by atoms with Gasteiger partial charge >= 0.3 is 0 Å². The van der Waals surface area contributed by atoms with Crippen molar-refractivity contribution in [2.75, 3.05) is 13.1 Å². The Hall–Kier alpha value is -0.810. The molecule has 0 heterocycles. The Morgan fingerprint density at radius 2 is 1.55 bits per heavy atom. The summed E-state index contributed by atoms with van der Waals surface area (Å²) in [6.07, 6.45) is 5.48. The molecule has 3 rings (SSSR count). The van der Waals surface area contributed by atoms with Gasteiger partial charge in [0.2, 0.25) is 11.8 Å². The molecule has 2 bridgehead atoms. The fourth-order valence-electron chi connectivity index (χ4n) is 3.70. The summed E-state index contributed by atoms with van der Waals surface area (Å²) in [5.74, 6) is 1.48. The maximum absolute atomic E-state index is 12.1. The van der Waals surface area contributed by atoms with Gasteiger partial charge in [0.1, 0.15) is 0 Å². The molecule has 20 heavy (non-hydrogen) atoms. The first kappa shape index (κ1) is 15.6. The number of hydrogen-bond acceptors (Lipinski definition) is 3. The molecule has 0 aromatic carbocycles. The van der Waals surface area contributed by atoms with Gasteiger partial charge in [-0.2, -0.15) is 0 Å². The van der Waals surface area contributed by atoms with Crippen LogP contribution in [0.5, 0.6) is 0 Å². The Morgan fingerprint density at radius 3 is 2.10 bits per heavy atom. The van der Waals surface area contributed by atoms with E-state index in [0.717, 1.165) is 25.7 Å². The summed E-state index contributed by atoms with van der Waals surface area (Å²) in [6.45, 7) is 1.04. The minimum atomic E-state index is -0.00196. The van der Waals surface area contributed by atoms with Gasteiger partial charge in [0.05, 0.1) is 5.92 Å². The number of carbonyl (C=O) groups excluding carboxylic acids is 2. The Labute approximate surface area is 125 Å². The van der Waals surface area contributed by atoms with E-state index >= 15 is 0 Å². The molecule has 114 valence electrons. The van der Waals surface area contributed by atoms with Crippen molar-refractivity contribution in [3.63, 3.8) is 0 Å². The van der Waals surface area contributed by atoms with Gasteiger partial charge in [-0.1, -0.05) is 0 Å². The number of halogens is 1. The second-order valence-corrected chi connectivity index (χ2v) is 6.29. The zero-order valence-electron chi connectivity index (χ0n) is 11.6. The van der Waals surface area contributed by atoms with Crippen LogP contribution in [-0.4, -0.2) is 30.9 Å². The zero-order chi connectivity index (χ0) is 13.4. The second-order valence-electron chi connectivity index (χ2n) is 6.29. The first-order valence-electron chi connectivity index (χ1n) is 7.48. The van der Waals surface area contributed by atoms with Crippen molar-refractivity contribution in [1.29, 1.82) is 0 Å². The monoisotopic (exact) mass is 301 g/mol. The maximum atomic E-state index is 12.1. The van der Waals surface area contributed by atoms with Crippen molar-refractivity contribution in [3.05, 3.63) is 0 Å². The third kappa shape index (κ3) is 3.09. The smallest absolute Gasteiger partial charge is 0.225 e. The van der Waals surface area contributed by atoms with Crippen molar-refractivity contribution in [1.82, 2.24) is 10.6 Å². The van der Waals surface area contributed by atoms with Gasteiger partial charge in [0.15, 0.2) is 0 Å². The van der Waals surface area contributed by atoms with Gasteiger partial charge in [-0.25, -0.2) is 0 Å². The van der Waals surface area contributed by atoms with E-state index < -0.39 is 0 Å². The largest absolute Gasteiger partial charge is 0.354 e. The first-order chi connectivity index (χ1) is 9.16. The minimum Gasteiger partial charge on any atom is -0.354 e. The molecule has 6 heteroatoms. The van der Waals surface area contributed by atoms with Crippen LogP contribution in [0.1, 0.15) is 32.1 Å². The number of nitrogens with two attached hydrogens (primary N) is 1. The summed E-state index contributed by atoms with van der Waals surface area (Å²) in [7, 11) is 0. The van der Waals surface area contributed by atoms with Crippen LogP contribution >= 0.6 is 12.4 Å². The van der Waals surface area contributed by atoms with Crippen molar-refractivity contribution < 1.29 is 9.59 Å². The van der Waals surface area contributed by atoms with Crippen molar-refractivity contribution in [2.24, 2.45) is 29.4 Å². The summed E-state index contributed by atoms with van der Waals surface area (Å²) in [4.78, 5) is 23.6. The molecule has 4 atom stereocenters. The highest BCUT2D eigenvalue weighted by Gasteiger charge is 2.48. The number of carbonyl (C=O) groups is 2. The van der Waals surface area contributed by atoms with Crippen LogP contribution < -0.4 is 16.4 Å². The van der Waals surface area contributed by atoms with Crippen molar-refractivity contribution >= 4 is 24.2 Å². The number of hydrogen-bond donors (Lipinski definition) is 3. The van der Waals surface area contributed by atoms with Crippen LogP contribution in [0.25, 0.3) is 0 Å². The molecule has 0 aromatic heterocycles. The fourth-order valence-corrected chi connectivity index (χ4v) is 3.70. The van der Waals surface area contributed by atoms with E-state index in [1.54, 1.807) is 0 Å². The third-order valence-corrected chi connectivity index (χ3v) is 4.95. The van der Waals surface area contributed by atoms with E-state index in [1.807, 2.05) is 0 Å². The highest BCUT2D eigenvalue weighted by molar-refractivity contribution is 5.85. The lowest BCUT2D eigenvalue weighted by Crippen LogP contribution is -2.46. The average Bonchev–Trinajstić information content (AvgIpc) is 3.07. The molecule has 5 nitrogen and oxygen atoms in total. The lowest BCUT2D eigenvalue weighted by atomic mass is 9.84. The van der Waals surface area contributed by atoms with Crippen LogP contribution in [0.2, 0.25) is 0 Å². The van der Waals surface area contributed by atoms with Crippen LogP contribution in [0, 0.1) is 23.7 Å². The number of nitrogens with one attached hydrogen (secondary N) is 2. The molecule has 3 aliphatic carbocycles. The van der Waals surface area contributed by atoms with Crippen molar-refractivity contribution in [3.8, 4) is 0 Å². The topological polar surface area (TPSA) is 84.2 Å². The molecule has 3 saturated carbocycles. The molecule has 0 aliphatic heterocycles. The van der Waals surface area contributed by atoms with E-state index in [0.29, 0.717) is 24.9 Å². The van der Waals surface area contributed by atoms with Gasteiger partial charge in [-0.05, 0) is 43.9 Å². The number of rotatable bonds is 5. The van der Waals surface area contributed by atoms with Crippen LogP contribution in [0.4, 0.5) is 0 Å². The van der Waals surface area contributed by atoms with Gasteiger partial charge in [-0.15, -0.1) is 12.4 Å². The minimum absolute atomic E-state index is 0. The van der Waals surface area contributed by atoms with E-state index in [1.165, 1.54) is 6.42 Å². The van der Waals surface area contributed by atoms with Crippen LogP contribution in [-0.2, 0) is 9.59 Å². The van der Waals surface area contributed by atoms with E-state index in [9.17, 15) is 9.59 Å². The Bertz CT molecular complexity index is 385. The molecule has 4 unspecified atom stereocenters. The molecule has 2 amide bonds. The summed E-state index contributed by atoms with van der Waals surface area (Å²) < 4.78 is 0. The third-order valence-electron chi connectivity index (χ3n) is 4.95. The predicted molar refractivity (Wildman–Crippen MR) is 78.3 cm³/mol.